The lowest BCUT2D eigenvalue weighted by atomic mass is 9.96. The molecule has 0 aromatic heterocycles. The fraction of sp³-hybridized carbons (Fsp3) is 0.500. The van der Waals surface area contributed by atoms with Crippen molar-refractivity contribution in [3.8, 4) is 0 Å². The van der Waals surface area contributed by atoms with E-state index in [1.54, 1.807) is 0 Å². The Kier molecular flexibility index (Phi) is 3.60. The molecule has 0 amide bonds. The quantitative estimate of drug-likeness (QED) is 0.572. The first-order valence-corrected chi connectivity index (χ1v) is 6.10. The molecule has 0 aliphatic carbocycles. The number of carbonyl (C=O) groups excluding carboxylic acids is 1. The van der Waals surface area contributed by atoms with Gasteiger partial charge in [-0.2, -0.15) is 0 Å². The molecular formula is C14H18O2. The van der Waals surface area contributed by atoms with Gasteiger partial charge in [-0.05, 0) is 24.5 Å². The van der Waals surface area contributed by atoms with Crippen molar-refractivity contribution in [2.45, 2.75) is 45.1 Å². The number of ether oxygens (including phenoxy) is 1. The third kappa shape index (κ3) is 2.43. The van der Waals surface area contributed by atoms with E-state index in [9.17, 15) is 4.79 Å². The number of hydrogen-bond acceptors (Lipinski definition) is 2. The van der Waals surface area contributed by atoms with E-state index in [4.69, 9.17) is 4.74 Å². The first-order chi connectivity index (χ1) is 7.81. The van der Waals surface area contributed by atoms with Crippen LogP contribution in [0.25, 0.3) is 0 Å². The van der Waals surface area contributed by atoms with E-state index in [0.717, 1.165) is 30.4 Å². The van der Waals surface area contributed by atoms with Gasteiger partial charge in [-0.3, -0.25) is 0 Å². The highest BCUT2D eigenvalue weighted by molar-refractivity contribution is 5.92. The predicted octanol–water partition coefficient (Wildman–Crippen LogP) is 3.35. The molecule has 16 heavy (non-hydrogen) atoms. The summed E-state index contributed by atoms with van der Waals surface area (Å²) in [4.78, 5) is 11.7. The van der Waals surface area contributed by atoms with Gasteiger partial charge >= 0.3 is 5.97 Å². The molecule has 1 aliphatic rings. The standard InChI is InChI=1S/C14H18O2/c1-2-3-4-8-12-10-11-7-5-6-9-13(11)14(15)16-12/h5-7,9,12H,2-4,8,10H2,1H3/t12-/m0/s1. The summed E-state index contributed by atoms with van der Waals surface area (Å²) in [5.74, 6) is -0.150. The molecule has 0 fully saturated rings. The zero-order valence-electron chi connectivity index (χ0n) is 9.74. The Bertz CT molecular complexity index is 371. The van der Waals surface area contributed by atoms with Crippen LogP contribution in [0.1, 0.15) is 48.5 Å². The van der Waals surface area contributed by atoms with Crippen LogP contribution in [-0.2, 0) is 11.2 Å². The normalized spacial score (nSPS) is 19.1. The van der Waals surface area contributed by atoms with Crippen molar-refractivity contribution in [2.24, 2.45) is 0 Å². The molecule has 1 aromatic carbocycles. The predicted molar refractivity (Wildman–Crippen MR) is 63.5 cm³/mol. The Labute approximate surface area is 96.6 Å². The van der Waals surface area contributed by atoms with Crippen molar-refractivity contribution in [3.63, 3.8) is 0 Å². The van der Waals surface area contributed by atoms with Crippen molar-refractivity contribution in [2.75, 3.05) is 0 Å². The molecule has 0 bridgehead atoms. The summed E-state index contributed by atoms with van der Waals surface area (Å²) in [5, 5.41) is 0. The zero-order valence-corrected chi connectivity index (χ0v) is 9.74. The molecule has 0 N–H and O–H groups in total. The van der Waals surface area contributed by atoms with Crippen LogP contribution in [-0.4, -0.2) is 12.1 Å². The highest BCUT2D eigenvalue weighted by Gasteiger charge is 2.25. The van der Waals surface area contributed by atoms with Gasteiger partial charge < -0.3 is 4.74 Å². The van der Waals surface area contributed by atoms with Gasteiger partial charge in [-0.25, -0.2) is 4.79 Å². The van der Waals surface area contributed by atoms with E-state index in [1.165, 1.54) is 12.8 Å². The molecule has 1 atom stereocenters. The molecule has 0 unspecified atom stereocenters. The Morgan fingerprint density at radius 3 is 2.94 bits per heavy atom. The summed E-state index contributed by atoms with van der Waals surface area (Å²) in [7, 11) is 0. The van der Waals surface area contributed by atoms with Gasteiger partial charge in [0.2, 0.25) is 0 Å². The summed E-state index contributed by atoms with van der Waals surface area (Å²) >= 11 is 0. The van der Waals surface area contributed by atoms with E-state index in [2.05, 4.69) is 6.92 Å². The molecule has 86 valence electrons. The minimum Gasteiger partial charge on any atom is -0.458 e. The van der Waals surface area contributed by atoms with Crippen LogP contribution >= 0.6 is 0 Å². The minimum atomic E-state index is -0.150. The lowest BCUT2D eigenvalue weighted by Gasteiger charge is -2.24. The van der Waals surface area contributed by atoms with Gasteiger partial charge in [0.05, 0.1) is 5.56 Å². The fourth-order valence-corrected chi connectivity index (χ4v) is 2.18. The maximum Gasteiger partial charge on any atom is 0.338 e. The second kappa shape index (κ2) is 5.15. The van der Waals surface area contributed by atoms with Crippen LogP contribution in [0.2, 0.25) is 0 Å². The summed E-state index contributed by atoms with van der Waals surface area (Å²) in [5.41, 5.74) is 1.88. The highest BCUT2D eigenvalue weighted by atomic mass is 16.5. The van der Waals surface area contributed by atoms with Crippen molar-refractivity contribution in [3.05, 3.63) is 35.4 Å². The van der Waals surface area contributed by atoms with Gasteiger partial charge in [0.15, 0.2) is 0 Å². The summed E-state index contributed by atoms with van der Waals surface area (Å²) < 4.78 is 5.42. The first kappa shape index (κ1) is 11.2. The van der Waals surface area contributed by atoms with Gasteiger partial charge in [-0.1, -0.05) is 38.0 Å². The van der Waals surface area contributed by atoms with Gasteiger partial charge in [-0.15, -0.1) is 0 Å². The average molecular weight is 218 g/mol. The molecule has 0 radical (unpaired) electrons. The molecule has 0 spiro atoms. The van der Waals surface area contributed by atoms with Gasteiger partial charge in [0.1, 0.15) is 6.10 Å². The molecule has 2 heteroatoms. The largest absolute Gasteiger partial charge is 0.458 e. The van der Waals surface area contributed by atoms with E-state index >= 15 is 0 Å². The van der Waals surface area contributed by atoms with Crippen LogP contribution in [0.4, 0.5) is 0 Å². The number of hydrogen-bond donors (Lipinski definition) is 0. The molecule has 0 saturated heterocycles. The number of esters is 1. The Morgan fingerprint density at radius 2 is 2.12 bits per heavy atom. The third-order valence-corrected chi connectivity index (χ3v) is 3.09. The molecule has 0 saturated carbocycles. The molecule has 2 nitrogen and oxygen atoms in total. The maximum atomic E-state index is 11.7. The molecule has 1 aliphatic heterocycles. The molecule has 1 aromatic rings. The molecule has 1 heterocycles. The lowest BCUT2D eigenvalue weighted by molar-refractivity contribution is 0.0232. The SMILES string of the molecule is CCCCC[C@H]1Cc2ccccc2C(=O)O1. The van der Waals surface area contributed by atoms with Crippen LogP contribution in [0.15, 0.2) is 24.3 Å². The smallest absolute Gasteiger partial charge is 0.338 e. The maximum absolute atomic E-state index is 11.7. The lowest BCUT2D eigenvalue weighted by Crippen LogP contribution is -2.27. The third-order valence-electron chi connectivity index (χ3n) is 3.09. The highest BCUT2D eigenvalue weighted by Crippen LogP contribution is 2.23. The average Bonchev–Trinajstić information content (AvgIpc) is 2.30. The van der Waals surface area contributed by atoms with E-state index < -0.39 is 0 Å². The minimum absolute atomic E-state index is 0.0916. The Morgan fingerprint density at radius 1 is 1.31 bits per heavy atom. The number of rotatable bonds is 4. The number of cyclic esters (lactones) is 1. The molecule has 2 rings (SSSR count). The van der Waals surface area contributed by atoms with Crippen LogP contribution in [0.5, 0.6) is 0 Å². The van der Waals surface area contributed by atoms with Gasteiger partial charge in [0, 0.05) is 6.42 Å². The van der Waals surface area contributed by atoms with Crippen LogP contribution in [0.3, 0.4) is 0 Å². The van der Waals surface area contributed by atoms with Crippen LogP contribution in [0, 0.1) is 0 Å². The number of fused-ring (bicyclic) bond motifs is 1. The van der Waals surface area contributed by atoms with E-state index in [-0.39, 0.29) is 12.1 Å². The summed E-state index contributed by atoms with van der Waals surface area (Å²) in [6.07, 6.45) is 5.54. The van der Waals surface area contributed by atoms with Crippen LogP contribution < -0.4 is 0 Å². The fourth-order valence-electron chi connectivity index (χ4n) is 2.18. The zero-order chi connectivity index (χ0) is 11.4. The van der Waals surface area contributed by atoms with E-state index in [1.807, 2.05) is 24.3 Å². The topological polar surface area (TPSA) is 26.3 Å². The second-order valence-electron chi connectivity index (χ2n) is 4.38. The van der Waals surface area contributed by atoms with Crippen molar-refractivity contribution in [1.82, 2.24) is 0 Å². The van der Waals surface area contributed by atoms with Crippen molar-refractivity contribution in [1.29, 1.82) is 0 Å². The van der Waals surface area contributed by atoms with Crippen molar-refractivity contribution < 1.29 is 9.53 Å². The monoisotopic (exact) mass is 218 g/mol. The first-order valence-electron chi connectivity index (χ1n) is 6.10. The molecular weight excluding hydrogens is 200 g/mol. The van der Waals surface area contributed by atoms with E-state index in [0.29, 0.717) is 0 Å². The van der Waals surface area contributed by atoms with Gasteiger partial charge in [0.25, 0.3) is 0 Å². The Hall–Kier alpha value is -1.31. The number of unbranched alkanes of at least 4 members (excludes halogenated alkanes) is 2. The Balaban J connectivity index is 2.01. The van der Waals surface area contributed by atoms with Crippen molar-refractivity contribution >= 4 is 5.97 Å². The number of benzene rings is 1. The summed E-state index contributed by atoms with van der Waals surface area (Å²) in [6, 6.07) is 7.75. The summed E-state index contributed by atoms with van der Waals surface area (Å²) in [6.45, 7) is 2.18. The number of carbonyl (C=O) groups is 1. The second-order valence-corrected chi connectivity index (χ2v) is 4.38.